The van der Waals surface area contributed by atoms with Crippen molar-refractivity contribution in [2.24, 2.45) is 0 Å². The van der Waals surface area contributed by atoms with Gasteiger partial charge >= 0.3 is 0 Å². The molecule has 0 amide bonds. The number of benzene rings is 1. The van der Waals surface area contributed by atoms with E-state index in [4.69, 9.17) is 9.47 Å². The fraction of sp³-hybridized carbons (Fsp3) is 0.267. The van der Waals surface area contributed by atoms with Gasteiger partial charge in [0.1, 0.15) is 11.5 Å². The van der Waals surface area contributed by atoms with E-state index >= 15 is 0 Å². The summed E-state index contributed by atoms with van der Waals surface area (Å²) in [7, 11) is 3.17. The third-order valence-electron chi connectivity index (χ3n) is 3.13. The molecule has 0 aliphatic rings. The molecule has 0 N–H and O–H groups in total. The number of halogens is 1. The van der Waals surface area contributed by atoms with Gasteiger partial charge in [-0.25, -0.2) is 0 Å². The van der Waals surface area contributed by atoms with Crippen LogP contribution in [0.15, 0.2) is 22.0 Å². The number of carbonyl (C=O) groups excluding carboxylic acids is 1. The molecular weight excluding hydrogens is 340 g/mol. The van der Waals surface area contributed by atoms with Gasteiger partial charge in [0.25, 0.3) is 0 Å². The Kier molecular flexibility index (Phi) is 4.50. The lowest BCUT2D eigenvalue weighted by Gasteiger charge is -2.14. The zero-order valence-corrected chi connectivity index (χ0v) is 14.1. The summed E-state index contributed by atoms with van der Waals surface area (Å²) in [4.78, 5) is 13.4. The highest BCUT2D eigenvalue weighted by Crippen LogP contribution is 2.35. The Balaban J connectivity index is 2.59. The van der Waals surface area contributed by atoms with Crippen LogP contribution in [-0.2, 0) is 0 Å². The van der Waals surface area contributed by atoms with Gasteiger partial charge < -0.3 is 9.47 Å². The lowest BCUT2D eigenvalue weighted by molar-refractivity contribution is 0.103. The van der Waals surface area contributed by atoms with Crippen molar-refractivity contribution in [3.05, 3.63) is 43.6 Å². The Morgan fingerprint density at radius 2 is 1.90 bits per heavy atom. The molecule has 106 valence electrons. The topological polar surface area (TPSA) is 35.5 Å². The molecule has 2 rings (SSSR count). The minimum absolute atomic E-state index is 0.0444. The Morgan fingerprint density at radius 1 is 1.20 bits per heavy atom. The number of carbonyl (C=O) groups is 1. The van der Waals surface area contributed by atoms with E-state index in [1.807, 2.05) is 25.3 Å². The van der Waals surface area contributed by atoms with Gasteiger partial charge in [-0.1, -0.05) is 15.9 Å². The van der Waals surface area contributed by atoms with E-state index in [0.29, 0.717) is 21.9 Å². The Labute approximate surface area is 130 Å². The van der Waals surface area contributed by atoms with Crippen molar-refractivity contribution in [3.63, 3.8) is 0 Å². The molecule has 0 saturated carbocycles. The van der Waals surface area contributed by atoms with Crippen LogP contribution in [0.3, 0.4) is 0 Å². The summed E-state index contributed by atoms with van der Waals surface area (Å²) in [6.45, 7) is 3.83. The smallest absolute Gasteiger partial charge is 0.207 e. The SMILES string of the molecule is COc1csc(C(=O)c2c(C)c(Br)cc(C)c2OC)c1. The molecule has 0 radical (unpaired) electrons. The molecule has 0 aliphatic carbocycles. The van der Waals surface area contributed by atoms with E-state index in [-0.39, 0.29) is 5.78 Å². The molecule has 5 heteroatoms. The van der Waals surface area contributed by atoms with E-state index in [1.54, 1.807) is 20.3 Å². The maximum Gasteiger partial charge on any atom is 0.207 e. The summed E-state index contributed by atoms with van der Waals surface area (Å²) in [6, 6.07) is 3.71. The van der Waals surface area contributed by atoms with Gasteiger partial charge in [0.2, 0.25) is 5.78 Å². The van der Waals surface area contributed by atoms with Crippen molar-refractivity contribution in [2.45, 2.75) is 13.8 Å². The maximum absolute atomic E-state index is 12.7. The van der Waals surface area contributed by atoms with Crippen molar-refractivity contribution in [3.8, 4) is 11.5 Å². The second-order valence-electron chi connectivity index (χ2n) is 4.39. The first-order valence-electron chi connectivity index (χ1n) is 6.00. The van der Waals surface area contributed by atoms with Gasteiger partial charge in [0.05, 0.1) is 24.7 Å². The minimum atomic E-state index is -0.0444. The average molecular weight is 355 g/mol. The van der Waals surface area contributed by atoms with Gasteiger partial charge in [-0.15, -0.1) is 11.3 Å². The number of methoxy groups -OCH3 is 2. The molecule has 3 nitrogen and oxygen atoms in total. The van der Waals surface area contributed by atoms with E-state index in [1.165, 1.54) is 11.3 Å². The first kappa shape index (κ1) is 15.1. The highest BCUT2D eigenvalue weighted by molar-refractivity contribution is 9.10. The van der Waals surface area contributed by atoms with Crippen molar-refractivity contribution < 1.29 is 14.3 Å². The van der Waals surface area contributed by atoms with Gasteiger partial charge in [0, 0.05) is 15.9 Å². The van der Waals surface area contributed by atoms with Crippen LogP contribution < -0.4 is 9.47 Å². The Hall–Kier alpha value is -1.33. The highest BCUT2D eigenvalue weighted by Gasteiger charge is 2.22. The number of ketones is 1. The van der Waals surface area contributed by atoms with E-state index in [0.717, 1.165) is 15.6 Å². The maximum atomic E-state index is 12.7. The molecule has 0 bridgehead atoms. The van der Waals surface area contributed by atoms with Gasteiger partial charge in [-0.05, 0) is 31.0 Å². The van der Waals surface area contributed by atoms with Crippen LogP contribution in [-0.4, -0.2) is 20.0 Å². The average Bonchev–Trinajstić information content (AvgIpc) is 2.90. The molecule has 0 aliphatic heterocycles. The number of aryl methyl sites for hydroxylation is 1. The van der Waals surface area contributed by atoms with Crippen LogP contribution in [0.25, 0.3) is 0 Å². The van der Waals surface area contributed by atoms with Crippen LogP contribution >= 0.6 is 27.3 Å². The molecule has 0 atom stereocenters. The van der Waals surface area contributed by atoms with E-state index in [9.17, 15) is 4.79 Å². The van der Waals surface area contributed by atoms with Gasteiger partial charge in [-0.2, -0.15) is 0 Å². The van der Waals surface area contributed by atoms with Crippen LogP contribution in [0.2, 0.25) is 0 Å². The second kappa shape index (κ2) is 5.97. The number of thiophene rings is 1. The molecule has 2 aromatic rings. The van der Waals surface area contributed by atoms with Crippen molar-refractivity contribution in [1.29, 1.82) is 0 Å². The van der Waals surface area contributed by atoms with Crippen molar-refractivity contribution in [1.82, 2.24) is 0 Å². The van der Waals surface area contributed by atoms with Crippen LogP contribution in [0.1, 0.15) is 26.4 Å². The summed E-state index contributed by atoms with van der Waals surface area (Å²) < 4.78 is 11.5. The third-order valence-corrected chi connectivity index (χ3v) is 4.86. The van der Waals surface area contributed by atoms with Crippen LogP contribution in [0.5, 0.6) is 11.5 Å². The minimum Gasteiger partial charge on any atom is -0.496 e. The van der Waals surface area contributed by atoms with Gasteiger partial charge in [-0.3, -0.25) is 4.79 Å². The van der Waals surface area contributed by atoms with E-state index < -0.39 is 0 Å². The Bertz CT molecular complexity index is 661. The zero-order chi connectivity index (χ0) is 14.9. The standard InChI is InChI=1S/C15H15BrO3S/c1-8-5-11(16)9(2)13(15(8)19-4)14(17)12-6-10(18-3)7-20-12/h5-7H,1-4H3. The summed E-state index contributed by atoms with van der Waals surface area (Å²) in [5.41, 5.74) is 2.41. The molecule has 1 aromatic carbocycles. The van der Waals surface area contributed by atoms with E-state index in [2.05, 4.69) is 15.9 Å². The summed E-state index contributed by atoms with van der Waals surface area (Å²) in [5.74, 6) is 1.28. The predicted molar refractivity (Wildman–Crippen MR) is 84.5 cm³/mol. The Morgan fingerprint density at radius 3 is 2.45 bits per heavy atom. The lowest BCUT2D eigenvalue weighted by Crippen LogP contribution is -2.07. The fourth-order valence-corrected chi connectivity index (χ4v) is 3.40. The molecule has 0 saturated heterocycles. The first-order chi connectivity index (χ1) is 9.49. The second-order valence-corrected chi connectivity index (χ2v) is 6.15. The molecule has 1 aromatic heterocycles. The molecule has 0 unspecified atom stereocenters. The summed E-state index contributed by atoms with van der Waals surface area (Å²) in [6.07, 6.45) is 0. The molecule has 20 heavy (non-hydrogen) atoms. The predicted octanol–water partition coefficient (Wildman–Crippen LogP) is 4.38. The molecular formula is C15H15BrO3S. The largest absolute Gasteiger partial charge is 0.496 e. The van der Waals surface area contributed by atoms with Crippen molar-refractivity contribution >= 4 is 33.0 Å². The summed E-state index contributed by atoms with van der Waals surface area (Å²) in [5, 5.41) is 1.82. The molecule has 1 heterocycles. The monoisotopic (exact) mass is 354 g/mol. The van der Waals surface area contributed by atoms with Crippen LogP contribution in [0.4, 0.5) is 0 Å². The van der Waals surface area contributed by atoms with Crippen LogP contribution in [0, 0.1) is 13.8 Å². The fourth-order valence-electron chi connectivity index (χ4n) is 2.06. The number of ether oxygens (including phenoxy) is 2. The van der Waals surface area contributed by atoms with Gasteiger partial charge in [0.15, 0.2) is 0 Å². The third kappa shape index (κ3) is 2.60. The normalized spacial score (nSPS) is 10.4. The summed E-state index contributed by atoms with van der Waals surface area (Å²) >= 11 is 4.86. The lowest BCUT2D eigenvalue weighted by atomic mass is 9.99. The quantitative estimate of drug-likeness (QED) is 0.764. The number of hydrogen-bond donors (Lipinski definition) is 0. The zero-order valence-electron chi connectivity index (χ0n) is 11.7. The highest BCUT2D eigenvalue weighted by atomic mass is 79.9. The first-order valence-corrected chi connectivity index (χ1v) is 7.67. The molecule has 0 fully saturated rings. The van der Waals surface area contributed by atoms with Crippen molar-refractivity contribution in [2.75, 3.05) is 14.2 Å². The number of rotatable bonds is 4. The molecule has 0 spiro atoms. The number of hydrogen-bond acceptors (Lipinski definition) is 4.